The van der Waals surface area contributed by atoms with Gasteiger partial charge < -0.3 is 14.5 Å². The number of halogens is 1. The van der Waals surface area contributed by atoms with Crippen molar-refractivity contribution in [3.63, 3.8) is 0 Å². The quantitative estimate of drug-likeness (QED) is 0.280. The van der Waals surface area contributed by atoms with Crippen LogP contribution in [0.25, 0.3) is 0 Å². The van der Waals surface area contributed by atoms with E-state index in [0.717, 1.165) is 49.6 Å². The lowest BCUT2D eigenvalue weighted by Crippen LogP contribution is -2.74. The molecular formula is C44H43ClN8O6. The molecule has 5 amide bonds. The number of amides is 5. The molecule has 302 valence electrons. The van der Waals surface area contributed by atoms with Crippen LogP contribution >= 0.6 is 11.6 Å². The third-order valence-electron chi connectivity index (χ3n) is 13.1. The molecule has 6 heterocycles. The minimum atomic E-state index is -0.986. The zero-order valence-electron chi connectivity index (χ0n) is 33.3. The number of nitrogens with one attached hydrogen (secondary N) is 1. The van der Waals surface area contributed by atoms with Crippen molar-refractivity contribution in [2.45, 2.75) is 84.2 Å². The number of hydrogen-bond donors (Lipinski definition) is 1. The van der Waals surface area contributed by atoms with Gasteiger partial charge in [-0.15, -0.1) is 0 Å². The first-order valence-electron chi connectivity index (χ1n) is 20.0. The lowest BCUT2D eigenvalue weighted by molar-refractivity contribution is -0.199. The average Bonchev–Trinajstić information content (AvgIpc) is 3.62. The Balaban J connectivity index is 0.777. The van der Waals surface area contributed by atoms with Crippen LogP contribution < -0.4 is 15.0 Å². The first-order chi connectivity index (χ1) is 28.1. The van der Waals surface area contributed by atoms with Crippen molar-refractivity contribution in [1.82, 2.24) is 30.0 Å². The number of anilines is 1. The molecule has 1 aliphatic carbocycles. The second-order valence-electron chi connectivity index (χ2n) is 17.6. The van der Waals surface area contributed by atoms with Gasteiger partial charge in [0, 0.05) is 60.1 Å². The summed E-state index contributed by atoms with van der Waals surface area (Å²) in [5.41, 5.74) is 2.56. The number of imide groups is 2. The Morgan fingerprint density at radius 3 is 2.34 bits per heavy atom. The molecule has 3 aromatic rings. The van der Waals surface area contributed by atoms with Gasteiger partial charge in [0.25, 0.3) is 17.7 Å². The van der Waals surface area contributed by atoms with Gasteiger partial charge in [-0.25, -0.2) is 9.97 Å². The van der Waals surface area contributed by atoms with E-state index in [1.165, 1.54) is 0 Å². The Labute approximate surface area is 346 Å². The SMILES string of the molecule is CC1(C)C(Oc2ccc(C#N)c(Cl)c2)C(C)(C)C1N1Cc2nc(C#CC3CCN(C4CN(c5ccc6c(c5)C(=O)N(C5CCC(=O)NC5=O)C6=O)C4)CC3)cnc2C1=O. The molecule has 1 saturated carbocycles. The summed E-state index contributed by atoms with van der Waals surface area (Å²) in [5.74, 6) is 5.28. The van der Waals surface area contributed by atoms with Crippen LogP contribution in [0, 0.1) is 39.9 Å². The minimum absolute atomic E-state index is 0.0812. The molecule has 2 aromatic carbocycles. The number of nitrogens with zero attached hydrogens (tertiary/aromatic N) is 7. The van der Waals surface area contributed by atoms with E-state index in [1.807, 2.05) is 11.0 Å². The Hall–Kier alpha value is -5.83. The number of carbonyl (C=O) groups is 5. The maximum atomic E-state index is 13.7. The van der Waals surface area contributed by atoms with Gasteiger partial charge in [-0.1, -0.05) is 45.2 Å². The highest BCUT2D eigenvalue weighted by Crippen LogP contribution is 2.59. The molecule has 14 nitrogen and oxygen atoms in total. The van der Waals surface area contributed by atoms with Crippen molar-refractivity contribution in [3.8, 4) is 23.7 Å². The Morgan fingerprint density at radius 1 is 0.915 bits per heavy atom. The normalized spacial score (nSPS) is 25.1. The molecule has 4 fully saturated rings. The number of aromatic nitrogens is 2. The van der Waals surface area contributed by atoms with E-state index in [4.69, 9.17) is 21.3 Å². The molecule has 59 heavy (non-hydrogen) atoms. The van der Waals surface area contributed by atoms with Crippen LogP contribution in [0.5, 0.6) is 5.75 Å². The van der Waals surface area contributed by atoms with E-state index in [2.05, 4.69) is 65.7 Å². The second kappa shape index (κ2) is 14.2. The summed E-state index contributed by atoms with van der Waals surface area (Å²) >= 11 is 6.28. The van der Waals surface area contributed by atoms with E-state index >= 15 is 0 Å². The Kier molecular flexibility index (Phi) is 9.29. The summed E-state index contributed by atoms with van der Waals surface area (Å²) in [7, 11) is 0. The molecule has 0 bridgehead atoms. The molecule has 5 aliphatic heterocycles. The number of hydrogen-bond acceptors (Lipinski definition) is 11. The summed E-state index contributed by atoms with van der Waals surface area (Å²) in [6.07, 6.45) is 3.42. The lowest BCUT2D eigenvalue weighted by Gasteiger charge is -2.65. The molecule has 0 radical (unpaired) electrons. The van der Waals surface area contributed by atoms with Gasteiger partial charge in [0.15, 0.2) is 5.69 Å². The highest BCUT2D eigenvalue weighted by Gasteiger charge is 2.67. The lowest BCUT2D eigenvalue weighted by atomic mass is 9.49. The highest BCUT2D eigenvalue weighted by atomic mass is 35.5. The van der Waals surface area contributed by atoms with Crippen molar-refractivity contribution in [2.24, 2.45) is 16.7 Å². The molecule has 0 spiro atoms. The first kappa shape index (κ1) is 38.7. The maximum Gasteiger partial charge on any atom is 0.275 e. The first-order valence-corrected chi connectivity index (χ1v) is 20.4. The molecule has 1 aromatic heterocycles. The zero-order chi connectivity index (χ0) is 41.5. The summed E-state index contributed by atoms with van der Waals surface area (Å²) in [4.78, 5) is 81.0. The minimum Gasteiger partial charge on any atom is -0.489 e. The molecule has 1 unspecified atom stereocenters. The van der Waals surface area contributed by atoms with Crippen LogP contribution in [0.3, 0.4) is 0 Å². The molecule has 1 N–H and O–H groups in total. The van der Waals surface area contributed by atoms with Crippen LogP contribution in [0.4, 0.5) is 5.69 Å². The summed E-state index contributed by atoms with van der Waals surface area (Å²) in [5, 5.41) is 11.8. The van der Waals surface area contributed by atoms with E-state index in [9.17, 15) is 29.2 Å². The maximum absolute atomic E-state index is 13.7. The van der Waals surface area contributed by atoms with E-state index < -0.39 is 40.5 Å². The van der Waals surface area contributed by atoms with E-state index in [0.29, 0.717) is 46.0 Å². The third-order valence-corrected chi connectivity index (χ3v) is 13.4. The molecule has 3 saturated heterocycles. The molecule has 1 atom stereocenters. The highest BCUT2D eigenvalue weighted by molar-refractivity contribution is 6.31. The van der Waals surface area contributed by atoms with Gasteiger partial charge in [0.2, 0.25) is 11.8 Å². The summed E-state index contributed by atoms with van der Waals surface area (Å²) < 4.78 is 6.44. The predicted octanol–water partition coefficient (Wildman–Crippen LogP) is 4.19. The fraction of sp³-hybridized carbons (Fsp3) is 0.455. The third kappa shape index (κ3) is 6.41. The van der Waals surface area contributed by atoms with Crippen LogP contribution in [-0.4, -0.2) is 105 Å². The van der Waals surface area contributed by atoms with Gasteiger partial charge in [-0.2, -0.15) is 5.26 Å². The van der Waals surface area contributed by atoms with Gasteiger partial charge in [0.1, 0.15) is 29.7 Å². The Morgan fingerprint density at radius 2 is 1.64 bits per heavy atom. The van der Waals surface area contributed by atoms with Gasteiger partial charge >= 0.3 is 0 Å². The van der Waals surface area contributed by atoms with Crippen LogP contribution in [0.15, 0.2) is 42.6 Å². The van der Waals surface area contributed by atoms with E-state index in [-0.39, 0.29) is 47.9 Å². The summed E-state index contributed by atoms with van der Waals surface area (Å²) in [6, 6.07) is 11.6. The smallest absolute Gasteiger partial charge is 0.275 e. The van der Waals surface area contributed by atoms with Gasteiger partial charge in [0.05, 0.1) is 40.1 Å². The number of piperidine rings is 2. The number of carbonyl (C=O) groups excluding carboxylic acids is 5. The zero-order valence-corrected chi connectivity index (χ0v) is 34.0. The van der Waals surface area contributed by atoms with Gasteiger partial charge in [-0.05, 0) is 68.6 Å². The summed E-state index contributed by atoms with van der Waals surface area (Å²) in [6.45, 7) is 12.2. The molecule has 6 aliphatic rings. The monoisotopic (exact) mass is 814 g/mol. The van der Waals surface area contributed by atoms with Crippen LogP contribution in [-0.2, 0) is 16.1 Å². The average molecular weight is 815 g/mol. The van der Waals surface area contributed by atoms with E-state index in [1.54, 1.807) is 36.5 Å². The predicted molar refractivity (Wildman–Crippen MR) is 214 cm³/mol. The van der Waals surface area contributed by atoms with Crippen molar-refractivity contribution in [3.05, 3.63) is 81.4 Å². The number of rotatable bonds is 6. The standard InChI is InChI=1S/C44H43ClN8O6/c1-43(2)41(44(3,4)42(43)59-29-9-6-25(19-46)32(45)18-29)52-23-33-36(40(52)58)47-20-26(48-33)7-5-24-13-15-50(16-14-24)28-21-51(22-28)27-8-10-30-31(17-27)39(57)53(38(30)56)34-11-12-35(54)49-37(34)55/h6,8-10,17-18,20,24,28,34,41-42H,11-16,21-23H2,1-4H3,(H,49,54,55). The number of fused-ring (bicyclic) bond motifs is 2. The fourth-order valence-corrected chi connectivity index (χ4v) is 10.7. The van der Waals surface area contributed by atoms with Crippen molar-refractivity contribution in [2.75, 3.05) is 31.1 Å². The van der Waals surface area contributed by atoms with Crippen LogP contribution in [0.1, 0.15) is 102 Å². The Bertz CT molecular complexity index is 2440. The number of nitriles is 1. The molecule has 9 rings (SSSR count). The second-order valence-corrected chi connectivity index (χ2v) is 18.0. The largest absolute Gasteiger partial charge is 0.489 e. The topological polar surface area (TPSA) is 169 Å². The number of ether oxygens (including phenoxy) is 1. The molecule has 15 heteroatoms. The van der Waals surface area contributed by atoms with Gasteiger partial charge in [-0.3, -0.25) is 39.1 Å². The number of benzene rings is 2. The van der Waals surface area contributed by atoms with Crippen molar-refractivity contribution in [1.29, 1.82) is 5.26 Å². The van der Waals surface area contributed by atoms with Crippen molar-refractivity contribution < 1.29 is 28.7 Å². The van der Waals surface area contributed by atoms with Crippen LogP contribution in [0.2, 0.25) is 5.02 Å². The molecular weight excluding hydrogens is 772 g/mol. The fourth-order valence-electron chi connectivity index (χ4n) is 10.5. The van der Waals surface area contributed by atoms with Crippen molar-refractivity contribution >= 4 is 46.8 Å². The number of likely N-dealkylation sites (tertiary alicyclic amines) is 1.